The Kier molecular flexibility index (Phi) is 3.75. The molecule has 0 aromatic heterocycles. The van der Waals surface area contributed by atoms with E-state index in [9.17, 15) is 5.11 Å². The monoisotopic (exact) mass is 268 g/mol. The molecule has 0 amide bonds. The molecule has 2 heteroatoms. The average Bonchev–Trinajstić information content (AvgIpc) is 2.45. The van der Waals surface area contributed by atoms with Gasteiger partial charge in [-0.1, -0.05) is 42.8 Å². The number of aliphatic hydroxyl groups excluding tert-OH is 1. The Morgan fingerprint density at radius 2 is 1.80 bits per heavy atom. The predicted octanol–water partition coefficient (Wildman–Crippen LogP) is 4.04. The van der Waals surface area contributed by atoms with Crippen molar-refractivity contribution in [3.8, 4) is 5.75 Å². The Morgan fingerprint density at radius 1 is 1.05 bits per heavy atom. The lowest BCUT2D eigenvalue weighted by atomic mass is 9.80. The summed E-state index contributed by atoms with van der Waals surface area (Å²) >= 11 is 0. The first-order valence-corrected chi connectivity index (χ1v) is 7.20. The number of hydrogen-bond acceptors (Lipinski definition) is 2. The highest BCUT2D eigenvalue weighted by Crippen LogP contribution is 2.36. The zero-order valence-electron chi connectivity index (χ0n) is 11.8. The van der Waals surface area contributed by atoms with E-state index >= 15 is 0 Å². The van der Waals surface area contributed by atoms with Crippen LogP contribution in [0.2, 0.25) is 0 Å². The zero-order valence-corrected chi connectivity index (χ0v) is 11.8. The van der Waals surface area contributed by atoms with E-state index in [0.717, 1.165) is 22.8 Å². The third-order valence-corrected chi connectivity index (χ3v) is 4.24. The van der Waals surface area contributed by atoms with Crippen molar-refractivity contribution in [3.63, 3.8) is 0 Å². The van der Waals surface area contributed by atoms with Crippen molar-refractivity contribution < 1.29 is 9.84 Å². The summed E-state index contributed by atoms with van der Waals surface area (Å²) in [5.74, 6) is 1.51. The topological polar surface area (TPSA) is 29.5 Å². The standard InChI is InChI=1S/C18H20O2/c1-20-17-7-3-6-16(12-17)18(19)15-10-8-14(9-11-15)13-4-2-5-13/h3,6-13,18-19H,2,4-5H2,1H3. The largest absolute Gasteiger partial charge is 0.497 e. The molecule has 1 aliphatic rings. The summed E-state index contributed by atoms with van der Waals surface area (Å²) in [5, 5.41) is 10.5. The highest BCUT2D eigenvalue weighted by atomic mass is 16.5. The summed E-state index contributed by atoms with van der Waals surface area (Å²) in [7, 11) is 1.64. The van der Waals surface area contributed by atoms with Crippen LogP contribution in [0.15, 0.2) is 48.5 Å². The molecule has 0 heterocycles. The maximum Gasteiger partial charge on any atom is 0.119 e. The van der Waals surface area contributed by atoms with Crippen molar-refractivity contribution in [2.24, 2.45) is 0 Å². The van der Waals surface area contributed by atoms with Gasteiger partial charge in [0.2, 0.25) is 0 Å². The van der Waals surface area contributed by atoms with Crippen molar-refractivity contribution >= 4 is 0 Å². The SMILES string of the molecule is COc1cccc(C(O)c2ccc(C3CCC3)cc2)c1. The lowest BCUT2D eigenvalue weighted by molar-refractivity contribution is 0.219. The van der Waals surface area contributed by atoms with Gasteiger partial charge in [-0.3, -0.25) is 0 Å². The van der Waals surface area contributed by atoms with Crippen LogP contribution in [-0.4, -0.2) is 12.2 Å². The van der Waals surface area contributed by atoms with Crippen LogP contribution in [0.3, 0.4) is 0 Å². The fourth-order valence-electron chi connectivity index (χ4n) is 2.70. The van der Waals surface area contributed by atoms with E-state index < -0.39 is 6.10 Å². The first kappa shape index (κ1) is 13.2. The summed E-state index contributed by atoms with van der Waals surface area (Å²) in [5.41, 5.74) is 3.19. The molecule has 1 saturated carbocycles. The van der Waals surface area contributed by atoms with Gasteiger partial charge in [-0.05, 0) is 47.6 Å². The Morgan fingerprint density at radius 3 is 2.40 bits per heavy atom. The summed E-state index contributed by atoms with van der Waals surface area (Å²) in [6.45, 7) is 0. The number of aliphatic hydroxyl groups is 1. The van der Waals surface area contributed by atoms with Crippen molar-refractivity contribution in [3.05, 3.63) is 65.2 Å². The van der Waals surface area contributed by atoms with E-state index in [1.165, 1.54) is 24.8 Å². The molecule has 0 saturated heterocycles. The van der Waals surface area contributed by atoms with Crippen LogP contribution in [0.5, 0.6) is 5.75 Å². The van der Waals surface area contributed by atoms with Crippen LogP contribution in [0.4, 0.5) is 0 Å². The van der Waals surface area contributed by atoms with Crippen molar-refractivity contribution in [1.29, 1.82) is 0 Å². The molecule has 1 atom stereocenters. The van der Waals surface area contributed by atoms with Gasteiger partial charge in [-0.25, -0.2) is 0 Å². The number of rotatable bonds is 4. The number of methoxy groups -OCH3 is 1. The Hall–Kier alpha value is -1.80. The molecule has 1 aliphatic carbocycles. The van der Waals surface area contributed by atoms with Gasteiger partial charge >= 0.3 is 0 Å². The molecule has 0 aliphatic heterocycles. The predicted molar refractivity (Wildman–Crippen MR) is 80.1 cm³/mol. The molecule has 20 heavy (non-hydrogen) atoms. The Bertz CT molecular complexity index is 570. The van der Waals surface area contributed by atoms with Gasteiger partial charge in [0.1, 0.15) is 11.9 Å². The van der Waals surface area contributed by atoms with E-state index in [0.29, 0.717) is 0 Å². The highest BCUT2D eigenvalue weighted by Gasteiger charge is 2.19. The Balaban J connectivity index is 1.80. The van der Waals surface area contributed by atoms with Gasteiger partial charge in [0.05, 0.1) is 7.11 Å². The molecule has 104 valence electrons. The molecule has 1 N–H and O–H groups in total. The summed E-state index contributed by atoms with van der Waals surface area (Å²) < 4.78 is 5.20. The quantitative estimate of drug-likeness (QED) is 0.906. The Labute approximate surface area is 120 Å². The molecule has 3 rings (SSSR count). The van der Waals surface area contributed by atoms with Gasteiger partial charge in [-0.2, -0.15) is 0 Å². The number of benzene rings is 2. The lowest BCUT2D eigenvalue weighted by Gasteiger charge is -2.26. The molecule has 0 spiro atoms. The minimum atomic E-state index is -0.597. The summed E-state index contributed by atoms with van der Waals surface area (Å²) in [4.78, 5) is 0. The fourth-order valence-corrected chi connectivity index (χ4v) is 2.70. The first-order valence-electron chi connectivity index (χ1n) is 7.20. The summed E-state index contributed by atoms with van der Waals surface area (Å²) in [6, 6.07) is 16.0. The van der Waals surface area contributed by atoms with Crippen LogP contribution in [0.25, 0.3) is 0 Å². The molecule has 1 fully saturated rings. The van der Waals surface area contributed by atoms with Crippen LogP contribution in [0.1, 0.15) is 48.0 Å². The van der Waals surface area contributed by atoms with Crippen molar-refractivity contribution in [2.75, 3.05) is 7.11 Å². The highest BCUT2D eigenvalue weighted by molar-refractivity contribution is 5.36. The van der Waals surface area contributed by atoms with Gasteiger partial charge in [-0.15, -0.1) is 0 Å². The summed E-state index contributed by atoms with van der Waals surface area (Å²) in [6.07, 6.45) is 3.36. The van der Waals surface area contributed by atoms with E-state index in [1.807, 2.05) is 36.4 Å². The second kappa shape index (κ2) is 5.68. The second-order valence-corrected chi connectivity index (χ2v) is 5.47. The van der Waals surface area contributed by atoms with E-state index in [1.54, 1.807) is 7.11 Å². The number of ether oxygens (including phenoxy) is 1. The lowest BCUT2D eigenvalue weighted by Crippen LogP contribution is -2.09. The van der Waals surface area contributed by atoms with Crippen molar-refractivity contribution in [1.82, 2.24) is 0 Å². The fraction of sp³-hybridized carbons (Fsp3) is 0.333. The maximum absolute atomic E-state index is 10.5. The van der Waals surface area contributed by atoms with Gasteiger partial charge in [0.15, 0.2) is 0 Å². The molecular formula is C18H20O2. The molecular weight excluding hydrogens is 248 g/mol. The normalized spacial score (nSPS) is 16.5. The first-order chi connectivity index (χ1) is 9.78. The average molecular weight is 268 g/mol. The molecule has 2 aromatic carbocycles. The van der Waals surface area contributed by atoms with Crippen LogP contribution >= 0.6 is 0 Å². The van der Waals surface area contributed by atoms with E-state index in [2.05, 4.69) is 12.1 Å². The minimum Gasteiger partial charge on any atom is -0.497 e. The number of hydrogen-bond donors (Lipinski definition) is 1. The maximum atomic E-state index is 10.5. The second-order valence-electron chi connectivity index (χ2n) is 5.47. The molecule has 1 unspecified atom stereocenters. The molecule has 0 bridgehead atoms. The van der Waals surface area contributed by atoms with Crippen LogP contribution < -0.4 is 4.74 Å². The third kappa shape index (κ3) is 2.56. The minimum absolute atomic E-state index is 0.597. The van der Waals surface area contributed by atoms with Gasteiger partial charge in [0.25, 0.3) is 0 Å². The van der Waals surface area contributed by atoms with Crippen LogP contribution in [-0.2, 0) is 0 Å². The smallest absolute Gasteiger partial charge is 0.119 e. The van der Waals surface area contributed by atoms with Gasteiger partial charge < -0.3 is 9.84 Å². The molecule has 0 radical (unpaired) electrons. The molecule has 2 nitrogen and oxygen atoms in total. The molecule has 2 aromatic rings. The third-order valence-electron chi connectivity index (χ3n) is 4.24. The van der Waals surface area contributed by atoms with Gasteiger partial charge in [0, 0.05) is 0 Å². The zero-order chi connectivity index (χ0) is 13.9. The van der Waals surface area contributed by atoms with E-state index in [-0.39, 0.29) is 0 Å². The van der Waals surface area contributed by atoms with Crippen LogP contribution in [0, 0.1) is 0 Å². The van der Waals surface area contributed by atoms with Crippen molar-refractivity contribution in [2.45, 2.75) is 31.3 Å². The van der Waals surface area contributed by atoms with E-state index in [4.69, 9.17) is 4.74 Å².